The molecule has 0 aliphatic carbocycles. The minimum Gasteiger partial charge on any atom is -0.485 e. The van der Waals surface area contributed by atoms with E-state index in [0.717, 1.165) is 0 Å². The van der Waals surface area contributed by atoms with Gasteiger partial charge in [0.2, 0.25) is 0 Å². The van der Waals surface area contributed by atoms with Crippen LogP contribution in [0.25, 0.3) is 0 Å². The Bertz CT molecular complexity index is 290. The highest BCUT2D eigenvalue weighted by Gasteiger charge is 1.99. The summed E-state index contributed by atoms with van der Waals surface area (Å²) in [5.74, 6) is 0.666. The van der Waals surface area contributed by atoms with Gasteiger partial charge < -0.3 is 4.74 Å². The van der Waals surface area contributed by atoms with E-state index < -0.39 is 0 Å². The van der Waals surface area contributed by atoms with Crippen LogP contribution < -0.4 is 4.74 Å². The molecule has 1 aromatic heterocycles. The predicted molar refractivity (Wildman–Crippen MR) is 52.4 cm³/mol. The average molecular weight is 249 g/mol. The van der Waals surface area contributed by atoms with Gasteiger partial charge in [0.25, 0.3) is 0 Å². The van der Waals surface area contributed by atoms with Crippen LogP contribution in [-0.2, 0) is 0 Å². The van der Waals surface area contributed by atoms with Crippen LogP contribution >= 0.6 is 27.5 Å². The molecule has 12 heavy (non-hydrogen) atoms. The Hall–Kier alpha value is -0.540. The van der Waals surface area contributed by atoms with Gasteiger partial charge in [-0.3, -0.25) is 0 Å². The molecule has 0 fully saturated rings. The zero-order valence-electron chi connectivity index (χ0n) is 6.26. The Balaban J connectivity index is 2.63. The van der Waals surface area contributed by atoms with Crippen LogP contribution in [0, 0.1) is 0 Å². The first-order valence-electron chi connectivity index (χ1n) is 3.27. The zero-order chi connectivity index (χ0) is 8.97. The third-order valence-electron chi connectivity index (χ3n) is 1.11. The third-order valence-corrected chi connectivity index (χ3v) is 1.81. The molecular formula is C8H7BrClNO. The highest BCUT2D eigenvalue weighted by atomic mass is 79.9. The van der Waals surface area contributed by atoms with Gasteiger partial charge in [0.1, 0.15) is 11.2 Å². The molecular weight excluding hydrogens is 241 g/mol. The van der Waals surface area contributed by atoms with Crippen molar-refractivity contribution in [2.75, 3.05) is 6.61 Å². The van der Waals surface area contributed by atoms with Crippen molar-refractivity contribution in [2.45, 2.75) is 0 Å². The smallest absolute Gasteiger partial charge is 0.152 e. The summed E-state index contributed by atoms with van der Waals surface area (Å²) >= 11 is 8.76. The van der Waals surface area contributed by atoms with E-state index in [2.05, 4.69) is 27.5 Å². The molecule has 0 atom stereocenters. The lowest BCUT2D eigenvalue weighted by Gasteiger charge is -2.04. The van der Waals surface area contributed by atoms with Gasteiger partial charge in [-0.2, -0.15) is 0 Å². The highest BCUT2D eigenvalue weighted by molar-refractivity contribution is 9.10. The maximum atomic E-state index is 5.52. The van der Waals surface area contributed by atoms with E-state index in [1.165, 1.54) is 0 Å². The molecule has 0 bridgehead atoms. The fraction of sp³-hybridized carbons (Fsp3) is 0.125. The summed E-state index contributed by atoms with van der Waals surface area (Å²) in [7, 11) is 0. The second kappa shape index (κ2) is 4.48. The van der Waals surface area contributed by atoms with Crippen molar-refractivity contribution in [3.8, 4) is 5.75 Å². The zero-order valence-corrected chi connectivity index (χ0v) is 8.60. The lowest BCUT2D eigenvalue weighted by molar-refractivity contribution is 0.355. The number of hydrogen-bond acceptors (Lipinski definition) is 2. The lowest BCUT2D eigenvalue weighted by atomic mass is 10.5. The summed E-state index contributed by atoms with van der Waals surface area (Å²) in [6, 6.07) is 3.59. The topological polar surface area (TPSA) is 22.1 Å². The number of aromatic nitrogens is 1. The molecule has 0 amide bonds. The maximum absolute atomic E-state index is 5.52. The van der Waals surface area contributed by atoms with E-state index in [9.17, 15) is 0 Å². The Kier molecular flexibility index (Phi) is 3.56. The number of nitrogens with zero attached hydrogens (tertiary/aromatic N) is 1. The molecule has 0 radical (unpaired) electrons. The molecule has 0 unspecified atom stereocenters. The van der Waals surface area contributed by atoms with Gasteiger partial charge in [-0.05, 0) is 28.1 Å². The van der Waals surface area contributed by atoms with E-state index in [4.69, 9.17) is 16.3 Å². The van der Waals surface area contributed by atoms with Gasteiger partial charge in [0.05, 0.1) is 0 Å². The van der Waals surface area contributed by atoms with Crippen LogP contribution in [0.5, 0.6) is 5.75 Å². The first-order chi connectivity index (χ1) is 5.70. The quantitative estimate of drug-likeness (QED) is 0.767. The van der Waals surface area contributed by atoms with Crippen molar-refractivity contribution in [1.29, 1.82) is 0 Å². The van der Waals surface area contributed by atoms with Gasteiger partial charge in [-0.1, -0.05) is 18.2 Å². The van der Waals surface area contributed by atoms with Crippen LogP contribution in [0.1, 0.15) is 0 Å². The Morgan fingerprint density at radius 2 is 2.50 bits per heavy atom. The fourth-order valence-corrected chi connectivity index (χ4v) is 1.05. The lowest BCUT2D eigenvalue weighted by Crippen LogP contribution is -1.97. The Morgan fingerprint density at radius 3 is 3.08 bits per heavy atom. The summed E-state index contributed by atoms with van der Waals surface area (Å²) in [6.45, 7) is 3.80. The standard InChI is InChI=1S/C8H7BrClNO/c1-6(10)5-12-7-3-2-4-11-8(7)9/h2-4H,1,5H2. The Labute approximate surface area is 84.3 Å². The molecule has 4 heteroatoms. The molecule has 0 aliphatic heterocycles. The van der Waals surface area contributed by atoms with Crippen molar-refractivity contribution >= 4 is 27.5 Å². The summed E-state index contributed by atoms with van der Waals surface area (Å²) in [6.07, 6.45) is 1.67. The van der Waals surface area contributed by atoms with Crippen molar-refractivity contribution in [1.82, 2.24) is 4.98 Å². The summed E-state index contributed by atoms with van der Waals surface area (Å²) in [5.41, 5.74) is 0. The molecule has 64 valence electrons. The van der Waals surface area contributed by atoms with Crippen LogP contribution in [0.15, 0.2) is 34.5 Å². The molecule has 0 saturated heterocycles. The van der Waals surface area contributed by atoms with E-state index in [-0.39, 0.29) is 0 Å². The maximum Gasteiger partial charge on any atom is 0.152 e. The minimum absolute atomic E-state index is 0.297. The second-order valence-corrected chi connectivity index (χ2v) is 3.38. The molecule has 1 aromatic rings. The van der Waals surface area contributed by atoms with Crippen LogP contribution in [0.3, 0.4) is 0 Å². The van der Waals surface area contributed by atoms with Crippen molar-refractivity contribution in [3.05, 3.63) is 34.5 Å². The van der Waals surface area contributed by atoms with Crippen LogP contribution in [0.2, 0.25) is 0 Å². The second-order valence-electron chi connectivity index (χ2n) is 2.10. The van der Waals surface area contributed by atoms with Crippen LogP contribution in [-0.4, -0.2) is 11.6 Å². The number of hydrogen-bond donors (Lipinski definition) is 0. The van der Waals surface area contributed by atoms with E-state index >= 15 is 0 Å². The first-order valence-corrected chi connectivity index (χ1v) is 4.44. The molecule has 1 heterocycles. The van der Waals surface area contributed by atoms with E-state index in [1.807, 2.05) is 0 Å². The monoisotopic (exact) mass is 247 g/mol. The molecule has 0 aromatic carbocycles. The highest BCUT2D eigenvalue weighted by Crippen LogP contribution is 2.21. The van der Waals surface area contributed by atoms with Crippen LogP contribution in [0.4, 0.5) is 0 Å². The number of pyridine rings is 1. The average Bonchev–Trinajstić information content (AvgIpc) is 2.03. The van der Waals surface area contributed by atoms with Gasteiger partial charge in [0, 0.05) is 11.2 Å². The molecule has 0 aliphatic rings. The van der Waals surface area contributed by atoms with Gasteiger partial charge in [0.15, 0.2) is 5.75 Å². The number of halogens is 2. The molecule has 2 nitrogen and oxygen atoms in total. The SMILES string of the molecule is C=C(Cl)COc1cccnc1Br. The first kappa shape index (κ1) is 9.55. The molecule has 0 N–H and O–H groups in total. The van der Waals surface area contributed by atoms with Gasteiger partial charge in [-0.15, -0.1) is 0 Å². The van der Waals surface area contributed by atoms with Crippen molar-refractivity contribution in [3.63, 3.8) is 0 Å². The van der Waals surface area contributed by atoms with Crippen molar-refractivity contribution < 1.29 is 4.74 Å². The van der Waals surface area contributed by atoms with E-state index in [1.54, 1.807) is 18.3 Å². The number of ether oxygens (including phenoxy) is 1. The van der Waals surface area contributed by atoms with Gasteiger partial charge >= 0.3 is 0 Å². The predicted octanol–water partition coefficient (Wildman–Crippen LogP) is 2.98. The van der Waals surface area contributed by atoms with E-state index in [0.29, 0.717) is 22.0 Å². The molecule has 0 spiro atoms. The largest absolute Gasteiger partial charge is 0.485 e. The fourth-order valence-electron chi connectivity index (χ4n) is 0.635. The normalized spacial score (nSPS) is 9.50. The summed E-state index contributed by atoms with van der Waals surface area (Å²) in [4.78, 5) is 3.98. The third kappa shape index (κ3) is 2.83. The molecule has 1 rings (SSSR count). The van der Waals surface area contributed by atoms with Gasteiger partial charge in [-0.25, -0.2) is 4.98 Å². The minimum atomic E-state index is 0.297. The number of rotatable bonds is 3. The summed E-state index contributed by atoms with van der Waals surface area (Å²) in [5, 5.41) is 0.464. The molecule has 0 saturated carbocycles. The summed E-state index contributed by atoms with van der Waals surface area (Å²) < 4.78 is 5.93. The van der Waals surface area contributed by atoms with Crippen molar-refractivity contribution in [2.24, 2.45) is 0 Å². The Morgan fingerprint density at radius 1 is 1.75 bits per heavy atom.